The summed E-state index contributed by atoms with van der Waals surface area (Å²) >= 11 is 0. The van der Waals surface area contributed by atoms with Crippen LogP contribution >= 0.6 is 0 Å². The molecule has 0 radical (unpaired) electrons. The summed E-state index contributed by atoms with van der Waals surface area (Å²) in [6, 6.07) is 5.90. The number of nitrogens with zero attached hydrogens (tertiary/aromatic N) is 2. The zero-order chi connectivity index (χ0) is 35.5. The van der Waals surface area contributed by atoms with E-state index in [1.807, 2.05) is 49.1 Å². The van der Waals surface area contributed by atoms with Gasteiger partial charge in [0.15, 0.2) is 0 Å². The van der Waals surface area contributed by atoms with Crippen molar-refractivity contribution in [3.05, 3.63) is 35.9 Å². The molecule has 272 valence electrons. The van der Waals surface area contributed by atoms with Gasteiger partial charge in [0.2, 0.25) is 23.6 Å². The third-order valence-electron chi connectivity index (χ3n) is 10.1. The van der Waals surface area contributed by atoms with E-state index >= 15 is 0 Å². The number of carbonyl (C=O) groups is 5. The second kappa shape index (κ2) is 18.4. The first-order valence-corrected chi connectivity index (χ1v) is 18.1. The van der Waals surface area contributed by atoms with Crippen molar-refractivity contribution in [2.45, 2.75) is 121 Å². The summed E-state index contributed by atoms with van der Waals surface area (Å²) < 4.78 is 0. The van der Waals surface area contributed by atoms with Crippen LogP contribution in [0.4, 0.5) is 0 Å². The van der Waals surface area contributed by atoms with Crippen molar-refractivity contribution in [3.63, 3.8) is 0 Å². The molecule has 0 aromatic heterocycles. The first-order chi connectivity index (χ1) is 23.5. The van der Waals surface area contributed by atoms with Crippen molar-refractivity contribution in [1.29, 1.82) is 0 Å². The summed E-state index contributed by atoms with van der Waals surface area (Å²) in [5.74, 6) is -2.39. The molecule has 6 unspecified atom stereocenters. The zero-order valence-electron chi connectivity index (χ0n) is 29.1. The fraction of sp³-hybridized carbons (Fsp3) is 0.694. The molecular formula is C36H57N7O6. The standard InChI is InChI=1S/C36H57N7O6/c1-23(2)17-30(34(47)39-29(15-9-10-16-37)36(49)43-26-19-27(43)21-42(20-26)22-31(44)45)40-35(48)32(25-13-7-4-8-14-25)41-33(46)28(38)18-24-11-5-3-6-12-24/h3,5-6,11-12,23,25-30,32H,4,7-10,13-22,37-38H2,1-2H3,(H,39,47)(H,40,48)(H,41,46)(H,44,45). The van der Waals surface area contributed by atoms with Gasteiger partial charge in [-0.3, -0.25) is 28.9 Å². The van der Waals surface area contributed by atoms with Gasteiger partial charge in [-0.15, -0.1) is 0 Å². The summed E-state index contributed by atoms with van der Waals surface area (Å²) in [5.41, 5.74) is 13.0. The Morgan fingerprint density at radius 2 is 1.53 bits per heavy atom. The molecule has 2 bridgehead atoms. The highest BCUT2D eigenvalue weighted by Gasteiger charge is 2.49. The molecule has 2 saturated heterocycles. The number of carboxylic acids is 1. The number of unbranched alkanes of at least 4 members (excludes halogenated alkanes) is 1. The van der Waals surface area contributed by atoms with Gasteiger partial charge in [0, 0.05) is 25.2 Å². The molecule has 1 aromatic rings. The molecule has 3 fully saturated rings. The number of rotatable bonds is 18. The number of hydrogen-bond acceptors (Lipinski definition) is 8. The number of piperidine rings is 1. The number of carboxylic acid groups (broad SMARTS) is 1. The van der Waals surface area contributed by atoms with Gasteiger partial charge in [-0.05, 0) is 75.3 Å². The molecule has 8 N–H and O–H groups in total. The SMILES string of the molecule is CC(C)CC(NC(=O)C(NC(=O)C(N)Cc1ccccc1)C1CCCCC1)C(=O)NC(CCCCN)C(=O)N1C2CC1CN(CC(=O)O)C2. The Labute approximate surface area is 290 Å². The van der Waals surface area contributed by atoms with Gasteiger partial charge in [-0.25, -0.2) is 0 Å². The second-order valence-electron chi connectivity index (χ2n) is 14.6. The monoisotopic (exact) mass is 683 g/mol. The molecule has 13 heteroatoms. The predicted molar refractivity (Wildman–Crippen MR) is 186 cm³/mol. The van der Waals surface area contributed by atoms with Crippen LogP contribution in [0.15, 0.2) is 30.3 Å². The molecule has 1 saturated carbocycles. The zero-order valence-corrected chi connectivity index (χ0v) is 29.1. The highest BCUT2D eigenvalue weighted by atomic mass is 16.4. The van der Waals surface area contributed by atoms with Gasteiger partial charge in [0.1, 0.15) is 18.1 Å². The van der Waals surface area contributed by atoms with Crippen molar-refractivity contribution in [2.75, 3.05) is 26.2 Å². The van der Waals surface area contributed by atoms with E-state index in [0.29, 0.717) is 51.7 Å². The maximum Gasteiger partial charge on any atom is 0.317 e. The molecule has 2 heterocycles. The number of likely N-dealkylation sites (tertiary alicyclic amines) is 2. The first-order valence-electron chi connectivity index (χ1n) is 18.1. The molecule has 1 aromatic carbocycles. The normalized spacial score (nSPS) is 21.9. The molecule has 1 aliphatic carbocycles. The average molecular weight is 684 g/mol. The van der Waals surface area contributed by atoms with Crippen molar-refractivity contribution < 1.29 is 29.1 Å². The molecule has 3 aliphatic rings. The molecule has 4 amide bonds. The predicted octanol–water partition coefficient (Wildman–Crippen LogP) is 1.14. The number of nitrogens with one attached hydrogen (secondary N) is 3. The third kappa shape index (κ3) is 11.0. The minimum Gasteiger partial charge on any atom is -0.480 e. The van der Waals surface area contributed by atoms with Crippen LogP contribution in [-0.4, -0.2) is 107 Å². The van der Waals surface area contributed by atoms with Gasteiger partial charge in [-0.1, -0.05) is 63.4 Å². The Kier molecular flexibility index (Phi) is 14.4. The van der Waals surface area contributed by atoms with E-state index in [9.17, 15) is 29.1 Å². The Balaban J connectivity index is 1.45. The highest BCUT2D eigenvalue weighted by molar-refractivity contribution is 5.95. The number of carbonyl (C=O) groups excluding carboxylic acids is 4. The van der Waals surface area contributed by atoms with E-state index in [1.165, 1.54) is 0 Å². The number of nitrogens with two attached hydrogens (primary N) is 2. The van der Waals surface area contributed by atoms with Gasteiger partial charge >= 0.3 is 5.97 Å². The lowest BCUT2D eigenvalue weighted by Crippen LogP contribution is -2.72. The summed E-state index contributed by atoms with van der Waals surface area (Å²) in [5, 5.41) is 18.1. The van der Waals surface area contributed by atoms with Crippen molar-refractivity contribution in [2.24, 2.45) is 23.3 Å². The number of fused-ring (bicyclic) bond motifs is 2. The molecule has 2 aliphatic heterocycles. The average Bonchev–Trinajstić information content (AvgIpc) is 3.06. The third-order valence-corrected chi connectivity index (χ3v) is 10.1. The van der Waals surface area contributed by atoms with Gasteiger partial charge in [0.05, 0.1) is 12.6 Å². The van der Waals surface area contributed by atoms with E-state index in [-0.39, 0.29) is 36.4 Å². The van der Waals surface area contributed by atoms with Crippen LogP contribution < -0.4 is 27.4 Å². The molecule has 6 atom stereocenters. The minimum atomic E-state index is -0.916. The highest BCUT2D eigenvalue weighted by Crippen LogP contribution is 2.33. The van der Waals surface area contributed by atoms with E-state index < -0.39 is 47.9 Å². The number of amides is 4. The van der Waals surface area contributed by atoms with Gasteiger partial charge in [-0.2, -0.15) is 0 Å². The van der Waals surface area contributed by atoms with Crippen molar-refractivity contribution >= 4 is 29.6 Å². The van der Waals surface area contributed by atoms with E-state index in [2.05, 4.69) is 16.0 Å². The van der Waals surface area contributed by atoms with Crippen LogP contribution in [-0.2, 0) is 30.4 Å². The Bertz CT molecular complexity index is 1260. The summed E-state index contributed by atoms with van der Waals surface area (Å²) in [7, 11) is 0. The van der Waals surface area contributed by atoms with Crippen LogP contribution in [0.1, 0.15) is 83.6 Å². The molecule has 49 heavy (non-hydrogen) atoms. The number of benzene rings is 1. The lowest BCUT2D eigenvalue weighted by Gasteiger charge is -2.56. The van der Waals surface area contributed by atoms with E-state index in [4.69, 9.17) is 11.5 Å². The van der Waals surface area contributed by atoms with Crippen LogP contribution in [0.5, 0.6) is 0 Å². The topological polar surface area (TPSA) is 200 Å². The Hall–Kier alpha value is -3.55. The maximum absolute atomic E-state index is 14.0. The fourth-order valence-corrected chi connectivity index (χ4v) is 7.63. The Morgan fingerprint density at radius 3 is 2.14 bits per heavy atom. The first kappa shape index (κ1) is 38.3. The van der Waals surface area contributed by atoms with Crippen LogP contribution in [0, 0.1) is 11.8 Å². The fourth-order valence-electron chi connectivity index (χ4n) is 7.63. The van der Waals surface area contributed by atoms with Crippen LogP contribution in [0.25, 0.3) is 0 Å². The summed E-state index contributed by atoms with van der Waals surface area (Å²) in [4.78, 5) is 70.1. The Morgan fingerprint density at radius 1 is 0.878 bits per heavy atom. The minimum absolute atomic E-state index is 0.0550. The number of aliphatic carboxylic acids is 1. The molecule has 4 rings (SSSR count). The van der Waals surface area contributed by atoms with Gasteiger partial charge < -0.3 is 37.4 Å². The number of hydrogen-bond donors (Lipinski definition) is 6. The lowest BCUT2D eigenvalue weighted by atomic mass is 9.83. The quantitative estimate of drug-likeness (QED) is 0.123. The van der Waals surface area contributed by atoms with Crippen molar-refractivity contribution in [3.8, 4) is 0 Å². The molecule has 0 spiro atoms. The van der Waals surface area contributed by atoms with E-state index in [0.717, 1.165) is 44.1 Å². The van der Waals surface area contributed by atoms with Crippen LogP contribution in [0.2, 0.25) is 0 Å². The lowest BCUT2D eigenvalue weighted by molar-refractivity contribution is -0.159. The van der Waals surface area contributed by atoms with Crippen LogP contribution in [0.3, 0.4) is 0 Å². The van der Waals surface area contributed by atoms with E-state index in [1.54, 1.807) is 4.90 Å². The smallest absolute Gasteiger partial charge is 0.317 e. The largest absolute Gasteiger partial charge is 0.480 e. The number of piperazine rings is 1. The molecular weight excluding hydrogens is 626 g/mol. The second-order valence-corrected chi connectivity index (χ2v) is 14.6. The maximum atomic E-state index is 14.0. The summed E-state index contributed by atoms with van der Waals surface area (Å²) in [6.45, 7) is 5.28. The van der Waals surface area contributed by atoms with Crippen molar-refractivity contribution in [1.82, 2.24) is 25.8 Å². The summed E-state index contributed by atoms with van der Waals surface area (Å²) in [6.07, 6.45) is 7.77. The van der Waals surface area contributed by atoms with Gasteiger partial charge in [0.25, 0.3) is 0 Å². The molecule has 13 nitrogen and oxygen atoms in total.